The topological polar surface area (TPSA) is 46.5 Å². The van der Waals surface area contributed by atoms with Crippen LogP contribution in [0.2, 0.25) is 0 Å². The molecule has 0 aromatic heterocycles. The van der Waals surface area contributed by atoms with Gasteiger partial charge in [0.1, 0.15) is 0 Å². The maximum Gasteiger partial charge on any atom is 0.333 e. The van der Waals surface area contributed by atoms with Crippen molar-refractivity contribution in [2.75, 3.05) is 6.61 Å². The average molecular weight is 222 g/mol. The van der Waals surface area contributed by atoms with Crippen molar-refractivity contribution in [3.8, 4) is 0 Å². The average Bonchev–Trinajstić information content (AvgIpc) is 2.25. The van der Waals surface area contributed by atoms with Crippen molar-refractivity contribution < 1.29 is 14.6 Å². The first-order chi connectivity index (χ1) is 7.59. The fraction of sp³-hybridized carbons (Fsp3) is 0.462. The summed E-state index contributed by atoms with van der Waals surface area (Å²) in [6, 6.07) is 9.53. The lowest BCUT2D eigenvalue weighted by molar-refractivity contribution is -0.150. The third kappa shape index (κ3) is 4.45. The lowest BCUT2D eigenvalue weighted by Gasteiger charge is -2.15. The molecule has 0 saturated heterocycles. The first-order valence-corrected chi connectivity index (χ1v) is 5.48. The molecule has 0 aliphatic rings. The quantitative estimate of drug-likeness (QED) is 0.803. The molecule has 0 heterocycles. The van der Waals surface area contributed by atoms with E-state index in [9.17, 15) is 4.79 Å². The van der Waals surface area contributed by atoms with Gasteiger partial charge >= 0.3 is 5.97 Å². The molecule has 0 spiro atoms. The fourth-order valence-corrected chi connectivity index (χ4v) is 1.35. The van der Waals surface area contributed by atoms with E-state index < -0.39 is 12.1 Å². The number of ether oxygens (including phenoxy) is 1. The largest absolute Gasteiger partial charge is 0.479 e. The Hall–Kier alpha value is -1.35. The Kier molecular flexibility index (Phi) is 4.99. The molecule has 1 aromatic rings. The molecule has 88 valence electrons. The van der Waals surface area contributed by atoms with E-state index in [-0.39, 0.29) is 0 Å². The Morgan fingerprint density at radius 1 is 1.31 bits per heavy atom. The Morgan fingerprint density at radius 2 is 1.94 bits per heavy atom. The number of rotatable bonds is 6. The summed E-state index contributed by atoms with van der Waals surface area (Å²) in [4.78, 5) is 11.0. The standard InChI is InChI=1S/C13H18O3/c1-10(2)9-16-12(13(14)15)8-11-6-4-3-5-7-11/h3-7,10,12H,8-9H2,1-2H3,(H,14,15)/t12-/m0/s1. The molecular formula is C13H18O3. The molecule has 1 atom stereocenters. The van der Waals surface area contributed by atoms with E-state index in [2.05, 4.69) is 0 Å². The molecule has 3 nitrogen and oxygen atoms in total. The normalized spacial score (nSPS) is 12.7. The number of aliphatic carboxylic acids is 1. The van der Waals surface area contributed by atoms with Gasteiger partial charge in [-0.25, -0.2) is 4.79 Å². The monoisotopic (exact) mass is 222 g/mol. The molecule has 0 fully saturated rings. The van der Waals surface area contributed by atoms with E-state index in [1.807, 2.05) is 44.2 Å². The van der Waals surface area contributed by atoms with Crippen molar-refractivity contribution in [1.82, 2.24) is 0 Å². The second-order valence-electron chi connectivity index (χ2n) is 4.24. The van der Waals surface area contributed by atoms with Crippen LogP contribution in [0.25, 0.3) is 0 Å². The van der Waals surface area contributed by atoms with Gasteiger partial charge in [-0.1, -0.05) is 44.2 Å². The highest BCUT2D eigenvalue weighted by Crippen LogP contribution is 2.08. The molecule has 0 radical (unpaired) electrons. The van der Waals surface area contributed by atoms with Crippen LogP contribution in [0.5, 0.6) is 0 Å². The molecule has 0 saturated carbocycles. The van der Waals surface area contributed by atoms with Gasteiger partial charge < -0.3 is 9.84 Å². The molecule has 0 unspecified atom stereocenters. The highest BCUT2D eigenvalue weighted by molar-refractivity contribution is 5.72. The van der Waals surface area contributed by atoms with Crippen LogP contribution < -0.4 is 0 Å². The minimum absolute atomic E-state index is 0.345. The minimum Gasteiger partial charge on any atom is -0.479 e. The van der Waals surface area contributed by atoms with Crippen LogP contribution in [-0.2, 0) is 16.0 Å². The molecule has 1 N–H and O–H groups in total. The van der Waals surface area contributed by atoms with Crippen LogP contribution in [0.15, 0.2) is 30.3 Å². The third-order valence-corrected chi connectivity index (χ3v) is 2.17. The van der Waals surface area contributed by atoms with E-state index in [0.717, 1.165) is 5.56 Å². The number of carboxylic acids is 1. The zero-order chi connectivity index (χ0) is 12.0. The van der Waals surface area contributed by atoms with Gasteiger partial charge in [0.05, 0.1) is 6.61 Å². The molecule has 1 aromatic carbocycles. The van der Waals surface area contributed by atoms with Crippen LogP contribution in [0.1, 0.15) is 19.4 Å². The van der Waals surface area contributed by atoms with Crippen molar-refractivity contribution in [2.45, 2.75) is 26.4 Å². The van der Waals surface area contributed by atoms with Gasteiger partial charge in [-0.3, -0.25) is 0 Å². The highest BCUT2D eigenvalue weighted by Gasteiger charge is 2.18. The highest BCUT2D eigenvalue weighted by atomic mass is 16.5. The maximum absolute atomic E-state index is 11.0. The maximum atomic E-state index is 11.0. The third-order valence-electron chi connectivity index (χ3n) is 2.17. The lowest BCUT2D eigenvalue weighted by Crippen LogP contribution is -2.27. The van der Waals surface area contributed by atoms with Crippen LogP contribution in [0.3, 0.4) is 0 Å². The van der Waals surface area contributed by atoms with Crippen molar-refractivity contribution in [1.29, 1.82) is 0 Å². The van der Waals surface area contributed by atoms with Gasteiger partial charge in [0.2, 0.25) is 0 Å². The van der Waals surface area contributed by atoms with E-state index >= 15 is 0 Å². The molecule has 0 aliphatic carbocycles. The zero-order valence-corrected chi connectivity index (χ0v) is 9.72. The molecule has 0 aliphatic heterocycles. The molecule has 16 heavy (non-hydrogen) atoms. The fourth-order valence-electron chi connectivity index (χ4n) is 1.35. The van der Waals surface area contributed by atoms with Crippen molar-refractivity contribution in [3.05, 3.63) is 35.9 Å². The predicted octanol–water partition coefficient (Wildman–Crippen LogP) is 2.35. The molecule has 0 amide bonds. The van der Waals surface area contributed by atoms with E-state index in [1.165, 1.54) is 0 Å². The summed E-state index contributed by atoms with van der Waals surface area (Å²) in [6.45, 7) is 4.48. The van der Waals surface area contributed by atoms with Crippen LogP contribution in [-0.4, -0.2) is 23.8 Å². The summed E-state index contributed by atoms with van der Waals surface area (Å²) < 4.78 is 5.37. The van der Waals surface area contributed by atoms with Crippen molar-refractivity contribution >= 4 is 5.97 Å². The Bertz CT molecular complexity index is 319. The first-order valence-electron chi connectivity index (χ1n) is 5.48. The number of carboxylic acid groups (broad SMARTS) is 1. The van der Waals surface area contributed by atoms with E-state index in [4.69, 9.17) is 9.84 Å². The van der Waals surface area contributed by atoms with Gasteiger partial charge in [-0.2, -0.15) is 0 Å². The van der Waals surface area contributed by atoms with Gasteiger partial charge in [0.25, 0.3) is 0 Å². The SMILES string of the molecule is CC(C)CO[C@@H](Cc1ccccc1)C(=O)O. The van der Waals surface area contributed by atoms with Crippen LogP contribution >= 0.6 is 0 Å². The zero-order valence-electron chi connectivity index (χ0n) is 9.72. The molecule has 0 bridgehead atoms. The number of carbonyl (C=O) groups is 1. The van der Waals surface area contributed by atoms with Crippen LogP contribution in [0, 0.1) is 5.92 Å². The summed E-state index contributed by atoms with van der Waals surface area (Å²) in [5.41, 5.74) is 0.985. The summed E-state index contributed by atoms with van der Waals surface area (Å²) in [5.74, 6) is -0.554. The Morgan fingerprint density at radius 3 is 2.44 bits per heavy atom. The van der Waals surface area contributed by atoms with Gasteiger partial charge in [-0.15, -0.1) is 0 Å². The number of benzene rings is 1. The second-order valence-corrected chi connectivity index (χ2v) is 4.24. The predicted molar refractivity (Wildman–Crippen MR) is 62.4 cm³/mol. The Balaban J connectivity index is 2.55. The number of hydrogen-bond donors (Lipinski definition) is 1. The second kappa shape index (κ2) is 6.28. The molecule has 3 heteroatoms. The first kappa shape index (κ1) is 12.7. The lowest BCUT2D eigenvalue weighted by atomic mass is 10.1. The smallest absolute Gasteiger partial charge is 0.333 e. The summed E-state index contributed by atoms with van der Waals surface area (Å²) in [7, 11) is 0. The summed E-state index contributed by atoms with van der Waals surface area (Å²) in [5, 5.41) is 9.02. The number of hydrogen-bond acceptors (Lipinski definition) is 2. The Labute approximate surface area is 96.1 Å². The van der Waals surface area contributed by atoms with Gasteiger partial charge in [-0.05, 0) is 11.5 Å². The summed E-state index contributed by atoms with van der Waals surface area (Å²) in [6.07, 6.45) is -0.326. The van der Waals surface area contributed by atoms with Crippen molar-refractivity contribution in [3.63, 3.8) is 0 Å². The molecular weight excluding hydrogens is 204 g/mol. The summed E-state index contributed by atoms with van der Waals surface area (Å²) >= 11 is 0. The molecule has 1 rings (SSSR count). The van der Waals surface area contributed by atoms with E-state index in [1.54, 1.807) is 0 Å². The van der Waals surface area contributed by atoms with Gasteiger partial charge in [0.15, 0.2) is 6.10 Å². The van der Waals surface area contributed by atoms with Crippen molar-refractivity contribution in [2.24, 2.45) is 5.92 Å². The van der Waals surface area contributed by atoms with Crippen LogP contribution in [0.4, 0.5) is 0 Å². The van der Waals surface area contributed by atoms with Gasteiger partial charge in [0, 0.05) is 6.42 Å². The minimum atomic E-state index is -0.899. The van der Waals surface area contributed by atoms with E-state index in [0.29, 0.717) is 18.9 Å².